The monoisotopic (exact) mass is 1880 g/mol. The Morgan fingerprint density at radius 3 is 0.545 bits per heavy atom. The Bertz CT molecular complexity index is 3360. The van der Waals surface area contributed by atoms with Crippen LogP contribution in [0.5, 0.6) is 0 Å². The third-order valence-electron chi connectivity index (χ3n) is 30.6. The predicted octanol–water partition coefficient (Wildman–Crippen LogP) is 23.5. The van der Waals surface area contributed by atoms with Crippen molar-refractivity contribution in [3.05, 3.63) is 23.3 Å². The third-order valence-corrected chi connectivity index (χ3v) is 30.6. The molecule has 24 heteroatoms. The van der Waals surface area contributed by atoms with Crippen LogP contribution in [0.1, 0.15) is 464 Å². The zero-order valence-corrected chi connectivity index (χ0v) is 93.7. The first-order valence-electron chi connectivity index (χ1n) is 55.5. The number of piperidine rings is 6. The second-order valence-corrected chi connectivity index (χ2v) is 49.9. The summed E-state index contributed by atoms with van der Waals surface area (Å²) in [5.41, 5.74) is -2.00. The molecule has 0 unspecified atom stereocenters. The lowest BCUT2D eigenvalue weighted by Crippen LogP contribution is -2.64. The van der Waals surface area contributed by atoms with Crippen molar-refractivity contribution in [1.82, 2.24) is 79.9 Å². The fourth-order valence-electron chi connectivity index (χ4n) is 26.0. The van der Waals surface area contributed by atoms with Gasteiger partial charge in [-0.2, -0.15) is 50.3 Å². The average Bonchev–Trinajstić information content (AvgIpc) is 0.783. The van der Waals surface area contributed by atoms with E-state index in [1.807, 2.05) is 0 Å². The second kappa shape index (κ2) is 51.5. The van der Waals surface area contributed by atoms with Gasteiger partial charge in [-0.3, -0.25) is 48.6 Å². The van der Waals surface area contributed by atoms with Crippen molar-refractivity contribution in [2.45, 2.75) is 569 Å². The molecule has 8 heterocycles. The molecule has 134 heavy (non-hydrogen) atoms. The molecule has 0 aromatic carbocycles. The molecule has 0 atom stereocenters. The third kappa shape index (κ3) is 32.2. The Balaban J connectivity index is 1.09. The summed E-state index contributed by atoms with van der Waals surface area (Å²) in [4.78, 5) is 91.1. The lowest BCUT2D eigenvalue weighted by Gasteiger charge is -2.56. The minimum Gasteiger partial charge on any atom is -0.338 e. The summed E-state index contributed by atoms with van der Waals surface area (Å²) < 4.78 is 0. The molecule has 2 aromatic heterocycles. The topological polar surface area (TPSA) is 172 Å². The fraction of sp³-hybridized carbons (Fsp3) is 0.945. The highest BCUT2D eigenvalue weighted by Gasteiger charge is 2.55. The molecule has 8 rings (SSSR count). The molecule has 0 amide bonds. The summed E-state index contributed by atoms with van der Waals surface area (Å²) in [6.07, 6.45) is 37.1. The van der Waals surface area contributed by atoms with E-state index in [-0.39, 0.29) is 78.6 Å². The highest BCUT2D eigenvalue weighted by Crippen LogP contribution is 2.49. The summed E-state index contributed by atoms with van der Waals surface area (Å²) >= 11 is 0. The Hall–Kier alpha value is -3.02. The van der Waals surface area contributed by atoms with E-state index in [1.54, 1.807) is 0 Å². The molecular formula is C110H212N18O6. The van der Waals surface area contributed by atoms with E-state index in [0.717, 1.165) is 346 Å². The maximum Gasteiger partial charge on any atom is 0.229 e. The van der Waals surface area contributed by atoms with E-state index in [0.29, 0.717) is 24.2 Å². The lowest BCUT2D eigenvalue weighted by molar-refractivity contribution is -0.288. The second-order valence-electron chi connectivity index (χ2n) is 49.9. The minimum absolute atomic E-state index is 0.124. The number of hydrogen-bond donors (Lipinski definition) is 0. The van der Waals surface area contributed by atoms with Crippen molar-refractivity contribution in [3.8, 4) is 0 Å². The van der Waals surface area contributed by atoms with Gasteiger partial charge < -0.3 is 9.80 Å². The van der Waals surface area contributed by atoms with E-state index >= 15 is 0 Å². The van der Waals surface area contributed by atoms with E-state index < -0.39 is 0 Å². The van der Waals surface area contributed by atoms with Crippen LogP contribution in [0, 0.1) is 0 Å². The SMILES string of the molecule is CCCCN(CCc1nc(CCN(CCCCCCCCN(CCc2nc(CCN(CCCC)C3CC(C)(C)N(OCCC)C(C)(C)C3)nc(N(CCCC)C3CC(C)(C)N(OCCC)C(C)(C)C3)n2)C2CC(C)(C)N(OCCC)C(C)(C)C2)C2CC(C)(C)N(OCCC)C(C)(C)C2)nc(N(CCCC)C2CC(C)(C)N(OCCC)C(C)(C)C2)n1)C1CC(C)(C)N(OCCC)C(C)(C)C1. The number of rotatable bonds is 59. The van der Waals surface area contributed by atoms with Crippen molar-refractivity contribution in [3.63, 3.8) is 0 Å². The molecule has 6 saturated heterocycles. The largest absolute Gasteiger partial charge is 0.338 e. The molecule has 6 aliphatic rings. The van der Waals surface area contributed by atoms with Gasteiger partial charge in [-0.25, -0.2) is 9.97 Å². The first-order valence-corrected chi connectivity index (χ1v) is 55.5. The summed E-state index contributed by atoms with van der Waals surface area (Å²) in [6.45, 7) is 94.3. The summed E-state index contributed by atoms with van der Waals surface area (Å²) in [7, 11) is 0. The van der Waals surface area contributed by atoms with Gasteiger partial charge in [-0.15, -0.1) is 0 Å². The van der Waals surface area contributed by atoms with Gasteiger partial charge in [0.25, 0.3) is 0 Å². The zero-order chi connectivity index (χ0) is 99.1. The van der Waals surface area contributed by atoms with Gasteiger partial charge >= 0.3 is 0 Å². The molecule has 0 spiro atoms. The minimum atomic E-state index is -0.205. The van der Waals surface area contributed by atoms with Crippen LogP contribution in [-0.4, -0.2) is 288 Å². The van der Waals surface area contributed by atoms with E-state index in [1.165, 1.54) is 25.7 Å². The van der Waals surface area contributed by atoms with Crippen molar-refractivity contribution in [2.24, 2.45) is 0 Å². The molecule has 24 nitrogen and oxygen atoms in total. The van der Waals surface area contributed by atoms with Gasteiger partial charge in [-0.1, -0.05) is 121 Å². The van der Waals surface area contributed by atoms with Gasteiger partial charge in [0.1, 0.15) is 23.3 Å². The smallest absolute Gasteiger partial charge is 0.229 e. The maximum absolute atomic E-state index is 6.76. The van der Waals surface area contributed by atoms with Crippen molar-refractivity contribution in [2.75, 3.05) is 115 Å². The number of hydroxylamine groups is 12. The first-order chi connectivity index (χ1) is 62.9. The quantitative estimate of drug-likeness (QED) is 0.0572. The zero-order valence-electron chi connectivity index (χ0n) is 93.7. The summed E-state index contributed by atoms with van der Waals surface area (Å²) in [6, 6.07) is 1.96. The Kier molecular flexibility index (Phi) is 44.6. The number of nitrogens with zero attached hydrogens (tertiary/aromatic N) is 18. The number of hydrogen-bond acceptors (Lipinski definition) is 24. The fourth-order valence-corrected chi connectivity index (χ4v) is 26.0. The van der Waals surface area contributed by atoms with E-state index in [9.17, 15) is 0 Å². The van der Waals surface area contributed by atoms with Crippen molar-refractivity contribution < 1.29 is 29.0 Å². The van der Waals surface area contributed by atoms with Gasteiger partial charge in [-0.05, 0) is 346 Å². The van der Waals surface area contributed by atoms with Gasteiger partial charge in [0, 0.05) is 168 Å². The van der Waals surface area contributed by atoms with Crippen LogP contribution in [0.25, 0.3) is 0 Å². The molecule has 0 radical (unpaired) electrons. The lowest BCUT2D eigenvalue weighted by atomic mass is 9.78. The Labute approximate surface area is 823 Å². The molecule has 2 aromatic rings. The van der Waals surface area contributed by atoms with Gasteiger partial charge in [0.2, 0.25) is 11.9 Å². The predicted molar refractivity (Wildman–Crippen MR) is 558 cm³/mol. The van der Waals surface area contributed by atoms with Crippen LogP contribution in [0.4, 0.5) is 11.9 Å². The number of unbranched alkanes of at least 4 members (excludes halogenated alkanes) is 9. The number of anilines is 2. The van der Waals surface area contributed by atoms with Crippen molar-refractivity contribution in [1.29, 1.82) is 0 Å². The highest BCUT2D eigenvalue weighted by molar-refractivity contribution is 5.35. The Morgan fingerprint density at radius 1 is 0.201 bits per heavy atom. The van der Waals surface area contributed by atoms with Crippen LogP contribution >= 0.6 is 0 Å². The molecule has 6 aliphatic heterocycles. The molecule has 0 N–H and O–H groups in total. The maximum atomic E-state index is 6.76. The van der Waals surface area contributed by atoms with E-state index in [4.69, 9.17) is 58.9 Å². The first kappa shape index (κ1) is 116. The van der Waals surface area contributed by atoms with Crippen LogP contribution in [0.2, 0.25) is 0 Å². The van der Waals surface area contributed by atoms with Gasteiger partial charge in [0.05, 0.1) is 39.6 Å². The summed E-state index contributed by atoms with van der Waals surface area (Å²) in [5, 5.41) is 14.1. The highest BCUT2D eigenvalue weighted by atomic mass is 16.7. The summed E-state index contributed by atoms with van der Waals surface area (Å²) in [5.74, 6) is 5.46. The molecule has 778 valence electrons. The van der Waals surface area contributed by atoms with Gasteiger partial charge in [0.15, 0.2) is 0 Å². The molecular weight excluding hydrogens is 1670 g/mol. The van der Waals surface area contributed by atoms with E-state index in [2.05, 4.69) is 295 Å². The standard InChI is InChI=1S/C110H212N18O6/c1-35-45-59-117(87-75-99(11,12)123(129-69-39-5)100(13,14)76-87)65-55-93-111-95(115-97(113-93)121(63-47-37-3)91-83-107(27,28)127(133-73-43-9)108(29,30)84-91)57-67-119(89-79-103(19,20)125(131-71-41-7)104(21,22)80-89)61-53-51-49-50-52-54-62-120(90-81-105(23,24)126(132-72-42-8)106(25,26)82-90)68-58-96-112-94(56-66-118(60-46-36-2)88-77-101(15,16)124(130-70-40-6)102(17,18)78-88)114-98(116-96)122(64-48-38-4)92-85-109(31,32)128(134-74-44-10)110(33,34)86-92/h87-92H,35-86H2,1-34H3. The molecule has 0 bridgehead atoms. The molecule has 0 saturated carbocycles. The van der Waals surface area contributed by atoms with Crippen LogP contribution < -0.4 is 9.80 Å². The Morgan fingerprint density at radius 2 is 0.366 bits per heavy atom. The van der Waals surface area contributed by atoms with Crippen molar-refractivity contribution >= 4 is 11.9 Å². The van der Waals surface area contributed by atoms with Crippen LogP contribution in [-0.2, 0) is 54.7 Å². The normalized spacial score (nSPS) is 22.7. The average molecular weight is 1880 g/mol. The number of aromatic nitrogens is 6. The van der Waals surface area contributed by atoms with Crippen LogP contribution in [0.15, 0.2) is 0 Å². The van der Waals surface area contributed by atoms with Crippen LogP contribution in [0.3, 0.4) is 0 Å². The molecule has 6 fully saturated rings. The molecule has 0 aliphatic carbocycles.